The molecule has 9 heteroatoms. The van der Waals surface area contributed by atoms with E-state index in [1.165, 1.54) is 4.68 Å². The van der Waals surface area contributed by atoms with Gasteiger partial charge in [-0.25, -0.2) is 8.42 Å². The second-order valence-electron chi connectivity index (χ2n) is 8.32. The maximum absolute atomic E-state index is 13.5. The van der Waals surface area contributed by atoms with Crippen LogP contribution in [0.3, 0.4) is 0 Å². The van der Waals surface area contributed by atoms with Crippen LogP contribution < -0.4 is 5.32 Å². The molecular weight excluding hydrogens is 416 g/mol. The Labute approximate surface area is 182 Å². The third kappa shape index (κ3) is 3.80. The number of piperidine rings is 1. The van der Waals surface area contributed by atoms with Crippen LogP contribution in [0.15, 0.2) is 23.1 Å². The highest BCUT2D eigenvalue weighted by atomic mass is 32.2. The Morgan fingerprint density at radius 3 is 2.68 bits per heavy atom. The zero-order valence-corrected chi connectivity index (χ0v) is 19.0. The first-order valence-corrected chi connectivity index (χ1v) is 12.3. The van der Waals surface area contributed by atoms with Gasteiger partial charge in [-0.15, -0.1) is 0 Å². The minimum atomic E-state index is -3.67. The van der Waals surface area contributed by atoms with E-state index in [1.807, 2.05) is 19.9 Å². The molecule has 3 heterocycles. The van der Waals surface area contributed by atoms with Crippen molar-refractivity contribution >= 4 is 27.7 Å². The number of hydrogen-bond donors (Lipinski definition) is 1. The number of hydrogen-bond acceptors (Lipinski definition) is 5. The van der Waals surface area contributed by atoms with Gasteiger partial charge in [-0.05, 0) is 50.3 Å². The van der Waals surface area contributed by atoms with Gasteiger partial charge in [0.2, 0.25) is 21.8 Å². The number of benzene rings is 1. The number of sulfonamides is 1. The molecule has 0 spiro atoms. The second-order valence-corrected chi connectivity index (χ2v) is 10.2. The summed E-state index contributed by atoms with van der Waals surface area (Å²) in [5.74, 6) is -0.183. The van der Waals surface area contributed by atoms with Gasteiger partial charge in [-0.1, -0.05) is 25.5 Å². The van der Waals surface area contributed by atoms with Crippen LogP contribution in [0, 0.1) is 6.92 Å². The summed E-state index contributed by atoms with van der Waals surface area (Å²) in [6.07, 6.45) is 3.46. The SMILES string of the molecule is CCc1nn2c(c1-c1ccc(C)c(S(=O)(=O)N3CCCC[C@@H]3C)c1)NC(=O)CCC2=O. The molecule has 0 aliphatic carbocycles. The number of aryl methyl sites for hydroxylation is 2. The molecule has 0 saturated carbocycles. The maximum Gasteiger partial charge on any atom is 0.249 e. The zero-order chi connectivity index (χ0) is 22.3. The molecule has 0 unspecified atom stereocenters. The molecule has 1 amide bonds. The molecule has 1 fully saturated rings. The van der Waals surface area contributed by atoms with Crippen LogP contribution in [-0.2, 0) is 21.2 Å². The van der Waals surface area contributed by atoms with Crippen molar-refractivity contribution in [3.05, 3.63) is 29.5 Å². The predicted octanol–water partition coefficient (Wildman–Crippen LogP) is 3.36. The molecule has 2 aliphatic heterocycles. The van der Waals surface area contributed by atoms with Gasteiger partial charge in [-0.3, -0.25) is 9.59 Å². The average Bonchev–Trinajstić information content (AvgIpc) is 3.04. The minimum Gasteiger partial charge on any atom is -0.310 e. The van der Waals surface area contributed by atoms with Gasteiger partial charge in [-0.2, -0.15) is 14.1 Å². The van der Waals surface area contributed by atoms with E-state index in [2.05, 4.69) is 10.4 Å². The molecule has 1 N–H and O–H groups in total. The molecule has 2 aromatic rings. The van der Waals surface area contributed by atoms with E-state index in [1.54, 1.807) is 23.4 Å². The Kier molecular flexibility index (Phi) is 5.74. The monoisotopic (exact) mass is 444 g/mol. The summed E-state index contributed by atoms with van der Waals surface area (Å²) >= 11 is 0. The molecule has 166 valence electrons. The standard InChI is InChI=1S/C22H28N4O4S/c1-4-17-21(22-23-19(27)10-11-20(28)26(22)24-17)16-9-8-14(2)18(13-16)31(29,30)25-12-6-5-7-15(25)3/h8-9,13,15H,4-7,10-12H2,1-3H3,(H,23,27)/t15-/m0/s1. The largest absolute Gasteiger partial charge is 0.310 e. The number of fused-ring (bicyclic) bond motifs is 1. The van der Waals surface area contributed by atoms with Crippen LogP contribution in [0.5, 0.6) is 0 Å². The molecule has 0 bridgehead atoms. The van der Waals surface area contributed by atoms with Gasteiger partial charge in [0.25, 0.3) is 0 Å². The number of carbonyl (C=O) groups is 2. The highest BCUT2D eigenvalue weighted by Crippen LogP contribution is 2.37. The molecule has 1 aromatic heterocycles. The van der Waals surface area contributed by atoms with Crippen LogP contribution in [0.25, 0.3) is 11.1 Å². The molecular formula is C22H28N4O4S. The number of nitrogens with zero attached hydrogens (tertiary/aromatic N) is 3. The smallest absolute Gasteiger partial charge is 0.249 e. The summed E-state index contributed by atoms with van der Waals surface area (Å²) in [6.45, 7) is 6.17. The second kappa shape index (κ2) is 8.20. The topological polar surface area (TPSA) is 101 Å². The Morgan fingerprint density at radius 1 is 1.19 bits per heavy atom. The fourth-order valence-corrected chi connectivity index (χ4v) is 6.37. The quantitative estimate of drug-likeness (QED) is 0.779. The van der Waals surface area contributed by atoms with E-state index in [4.69, 9.17) is 0 Å². The van der Waals surface area contributed by atoms with Crippen molar-refractivity contribution in [2.45, 2.75) is 70.2 Å². The lowest BCUT2D eigenvalue weighted by Gasteiger charge is -2.32. The van der Waals surface area contributed by atoms with Crippen molar-refractivity contribution < 1.29 is 18.0 Å². The van der Waals surface area contributed by atoms with Gasteiger partial charge >= 0.3 is 0 Å². The van der Waals surface area contributed by atoms with Crippen molar-refractivity contribution in [1.82, 2.24) is 14.1 Å². The maximum atomic E-state index is 13.5. The Bertz CT molecular complexity index is 1150. The summed E-state index contributed by atoms with van der Waals surface area (Å²) in [5.41, 5.74) is 2.54. The van der Waals surface area contributed by atoms with Gasteiger partial charge in [0.15, 0.2) is 0 Å². The summed E-state index contributed by atoms with van der Waals surface area (Å²) in [6, 6.07) is 5.22. The first kappa shape index (κ1) is 21.7. The molecule has 8 nitrogen and oxygen atoms in total. The summed E-state index contributed by atoms with van der Waals surface area (Å²) in [4.78, 5) is 24.9. The fourth-order valence-electron chi connectivity index (χ4n) is 4.42. The molecule has 1 saturated heterocycles. The van der Waals surface area contributed by atoms with Crippen molar-refractivity contribution in [2.24, 2.45) is 0 Å². The fraction of sp³-hybridized carbons (Fsp3) is 0.500. The zero-order valence-electron chi connectivity index (χ0n) is 18.1. The van der Waals surface area contributed by atoms with E-state index < -0.39 is 10.0 Å². The van der Waals surface area contributed by atoms with Crippen LogP contribution in [-0.4, -0.2) is 46.9 Å². The summed E-state index contributed by atoms with van der Waals surface area (Å²) in [7, 11) is -3.67. The van der Waals surface area contributed by atoms with Crippen molar-refractivity contribution in [3.8, 4) is 11.1 Å². The number of amides is 1. The van der Waals surface area contributed by atoms with Gasteiger partial charge in [0.1, 0.15) is 5.82 Å². The third-order valence-corrected chi connectivity index (χ3v) is 8.31. The summed E-state index contributed by atoms with van der Waals surface area (Å²) < 4.78 is 29.9. The van der Waals surface area contributed by atoms with Gasteiger partial charge in [0.05, 0.1) is 10.6 Å². The molecule has 0 radical (unpaired) electrons. The third-order valence-electron chi connectivity index (χ3n) is 6.16. The normalized spacial score (nSPS) is 20.3. The molecule has 2 aliphatic rings. The van der Waals surface area contributed by atoms with Crippen LogP contribution in [0.4, 0.5) is 5.82 Å². The first-order chi connectivity index (χ1) is 14.7. The van der Waals surface area contributed by atoms with E-state index in [0.717, 1.165) is 19.3 Å². The molecule has 31 heavy (non-hydrogen) atoms. The molecule has 4 rings (SSSR count). The first-order valence-electron chi connectivity index (χ1n) is 10.8. The number of anilines is 1. The van der Waals surface area contributed by atoms with Gasteiger partial charge in [0, 0.05) is 31.0 Å². The van der Waals surface area contributed by atoms with E-state index in [0.29, 0.717) is 41.2 Å². The number of carbonyl (C=O) groups excluding carboxylic acids is 2. The molecule has 1 atom stereocenters. The number of rotatable bonds is 4. The highest BCUT2D eigenvalue weighted by molar-refractivity contribution is 7.89. The Hall–Kier alpha value is -2.52. The lowest BCUT2D eigenvalue weighted by Crippen LogP contribution is -2.42. The number of nitrogens with one attached hydrogen (secondary N) is 1. The van der Waals surface area contributed by atoms with Crippen LogP contribution in [0.2, 0.25) is 0 Å². The molecule has 1 aromatic carbocycles. The lowest BCUT2D eigenvalue weighted by molar-refractivity contribution is -0.116. The predicted molar refractivity (Wildman–Crippen MR) is 117 cm³/mol. The lowest BCUT2D eigenvalue weighted by atomic mass is 10.0. The van der Waals surface area contributed by atoms with E-state index >= 15 is 0 Å². The Balaban J connectivity index is 1.86. The van der Waals surface area contributed by atoms with E-state index in [-0.39, 0.29) is 35.6 Å². The van der Waals surface area contributed by atoms with Crippen LogP contribution in [0.1, 0.15) is 62.0 Å². The van der Waals surface area contributed by atoms with E-state index in [9.17, 15) is 18.0 Å². The van der Waals surface area contributed by atoms with Crippen molar-refractivity contribution in [1.29, 1.82) is 0 Å². The van der Waals surface area contributed by atoms with Crippen molar-refractivity contribution in [3.63, 3.8) is 0 Å². The minimum absolute atomic E-state index is 0.0441. The Morgan fingerprint density at radius 2 is 1.97 bits per heavy atom. The number of aromatic nitrogens is 2. The van der Waals surface area contributed by atoms with Crippen molar-refractivity contribution in [2.75, 3.05) is 11.9 Å². The average molecular weight is 445 g/mol. The van der Waals surface area contributed by atoms with Gasteiger partial charge < -0.3 is 5.32 Å². The highest BCUT2D eigenvalue weighted by Gasteiger charge is 2.33. The summed E-state index contributed by atoms with van der Waals surface area (Å²) in [5, 5.41) is 7.23. The van der Waals surface area contributed by atoms with Crippen LogP contribution >= 0.6 is 0 Å².